The summed E-state index contributed by atoms with van der Waals surface area (Å²) < 4.78 is 5.40. The van der Waals surface area contributed by atoms with Gasteiger partial charge in [-0.25, -0.2) is 0 Å². The third-order valence-corrected chi connectivity index (χ3v) is 4.45. The molecule has 0 aromatic heterocycles. The fraction of sp³-hybridized carbons (Fsp3) is 0.625. The van der Waals surface area contributed by atoms with Crippen LogP contribution in [0.3, 0.4) is 0 Å². The molecule has 19 heavy (non-hydrogen) atoms. The summed E-state index contributed by atoms with van der Waals surface area (Å²) in [6.45, 7) is 6.67. The van der Waals surface area contributed by atoms with Gasteiger partial charge in [0, 0.05) is 6.04 Å². The van der Waals surface area contributed by atoms with E-state index in [1.54, 1.807) is 7.11 Å². The summed E-state index contributed by atoms with van der Waals surface area (Å²) in [5, 5.41) is 6.93. The molecule has 1 aromatic carbocycles. The van der Waals surface area contributed by atoms with Crippen LogP contribution in [0.4, 0.5) is 0 Å². The molecule has 1 aliphatic rings. The molecule has 1 aromatic rings. The Hall–Kier alpha value is -1.06. The van der Waals surface area contributed by atoms with Crippen molar-refractivity contribution in [3.8, 4) is 5.75 Å². The number of nitrogens with one attached hydrogen (secondary N) is 2. The zero-order valence-electron chi connectivity index (χ0n) is 12.5. The largest absolute Gasteiger partial charge is 0.496 e. The van der Waals surface area contributed by atoms with Gasteiger partial charge >= 0.3 is 0 Å². The number of methoxy groups -OCH3 is 1. The Bertz CT molecular complexity index is 425. The first-order chi connectivity index (χ1) is 9.17. The topological polar surface area (TPSA) is 33.3 Å². The van der Waals surface area contributed by atoms with Gasteiger partial charge in [-0.1, -0.05) is 6.07 Å². The van der Waals surface area contributed by atoms with Crippen LogP contribution < -0.4 is 15.4 Å². The van der Waals surface area contributed by atoms with Crippen LogP contribution in [0.15, 0.2) is 12.1 Å². The second-order valence-corrected chi connectivity index (χ2v) is 5.54. The standard InChI is InChI=1S/C16H26N2O/c1-11-12(2)16(19-4)6-5-14(11)15(17-3)9-13-7-8-18-10-13/h5-6,13,15,17-18H,7-10H2,1-4H3. The lowest BCUT2D eigenvalue weighted by Crippen LogP contribution is -2.22. The molecule has 2 N–H and O–H groups in total. The predicted octanol–water partition coefficient (Wildman–Crippen LogP) is 2.57. The summed E-state index contributed by atoms with van der Waals surface area (Å²) in [6, 6.07) is 4.74. The van der Waals surface area contributed by atoms with Crippen molar-refractivity contribution in [2.24, 2.45) is 5.92 Å². The first kappa shape index (κ1) is 14.4. The molecule has 0 aliphatic carbocycles. The minimum atomic E-state index is 0.439. The van der Waals surface area contributed by atoms with Crippen molar-refractivity contribution in [1.82, 2.24) is 10.6 Å². The maximum absolute atomic E-state index is 5.40. The van der Waals surface area contributed by atoms with Gasteiger partial charge in [0.25, 0.3) is 0 Å². The number of ether oxygens (including phenoxy) is 1. The van der Waals surface area contributed by atoms with E-state index in [1.165, 1.54) is 36.1 Å². The Labute approximate surface area is 116 Å². The van der Waals surface area contributed by atoms with E-state index in [-0.39, 0.29) is 0 Å². The lowest BCUT2D eigenvalue weighted by Gasteiger charge is -2.23. The molecule has 1 fully saturated rings. The Morgan fingerprint density at radius 2 is 2.16 bits per heavy atom. The molecule has 2 atom stereocenters. The van der Waals surface area contributed by atoms with Gasteiger partial charge in [-0.2, -0.15) is 0 Å². The van der Waals surface area contributed by atoms with Crippen LogP contribution in [0.1, 0.15) is 35.6 Å². The van der Waals surface area contributed by atoms with E-state index in [4.69, 9.17) is 4.74 Å². The van der Waals surface area contributed by atoms with E-state index in [2.05, 4.69) is 43.7 Å². The minimum absolute atomic E-state index is 0.439. The lowest BCUT2D eigenvalue weighted by atomic mass is 9.90. The maximum atomic E-state index is 5.40. The molecule has 0 saturated carbocycles. The van der Waals surface area contributed by atoms with Crippen molar-refractivity contribution in [2.75, 3.05) is 27.2 Å². The van der Waals surface area contributed by atoms with Crippen LogP contribution in [0.5, 0.6) is 5.75 Å². The first-order valence-electron chi connectivity index (χ1n) is 7.19. The van der Waals surface area contributed by atoms with E-state index >= 15 is 0 Å². The minimum Gasteiger partial charge on any atom is -0.496 e. The van der Waals surface area contributed by atoms with Gasteiger partial charge in [-0.05, 0) is 75.5 Å². The quantitative estimate of drug-likeness (QED) is 0.855. The van der Waals surface area contributed by atoms with Gasteiger partial charge in [0.15, 0.2) is 0 Å². The first-order valence-corrected chi connectivity index (χ1v) is 7.19. The summed E-state index contributed by atoms with van der Waals surface area (Å²) in [6.07, 6.45) is 2.50. The highest BCUT2D eigenvalue weighted by molar-refractivity contribution is 5.44. The highest BCUT2D eigenvalue weighted by atomic mass is 16.5. The molecule has 2 unspecified atom stereocenters. The predicted molar refractivity (Wildman–Crippen MR) is 79.9 cm³/mol. The molecule has 2 rings (SSSR count). The van der Waals surface area contributed by atoms with Gasteiger partial charge in [-0.15, -0.1) is 0 Å². The van der Waals surface area contributed by atoms with Gasteiger partial charge in [0.1, 0.15) is 5.75 Å². The highest BCUT2D eigenvalue weighted by Gasteiger charge is 2.22. The third-order valence-electron chi connectivity index (χ3n) is 4.45. The molecule has 0 spiro atoms. The van der Waals surface area contributed by atoms with Crippen LogP contribution in [0.2, 0.25) is 0 Å². The highest BCUT2D eigenvalue weighted by Crippen LogP contribution is 2.31. The molecule has 0 bridgehead atoms. The van der Waals surface area contributed by atoms with Crippen molar-refractivity contribution in [3.63, 3.8) is 0 Å². The fourth-order valence-electron chi connectivity index (χ4n) is 3.06. The summed E-state index contributed by atoms with van der Waals surface area (Å²) in [5.74, 6) is 1.78. The van der Waals surface area contributed by atoms with Gasteiger partial charge in [-0.3, -0.25) is 0 Å². The van der Waals surface area contributed by atoms with Gasteiger partial charge < -0.3 is 15.4 Å². The van der Waals surface area contributed by atoms with Crippen molar-refractivity contribution >= 4 is 0 Å². The van der Waals surface area contributed by atoms with Crippen LogP contribution >= 0.6 is 0 Å². The van der Waals surface area contributed by atoms with E-state index < -0.39 is 0 Å². The van der Waals surface area contributed by atoms with Crippen molar-refractivity contribution in [2.45, 2.75) is 32.7 Å². The SMILES string of the molecule is CNC(CC1CCNC1)c1ccc(OC)c(C)c1C. The van der Waals surface area contributed by atoms with Crippen LogP contribution in [-0.4, -0.2) is 27.2 Å². The molecular formula is C16H26N2O. The number of rotatable bonds is 5. The van der Waals surface area contributed by atoms with Crippen LogP contribution in [0, 0.1) is 19.8 Å². The lowest BCUT2D eigenvalue weighted by molar-refractivity contribution is 0.408. The normalized spacial score (nSPS) is 20.5. The summed E-state index contributed by atoms with van der Waals surface area (Å²) in [7, 11) is 3.80. The van der Waals surface area contributed by atoms with Gasteiger partial charge in [0.2, 0.25) is 0 Å². The zero-order chi connectivity index (χ0) is 13.8. The molecular weight excluding hydrogens is 236 g/mol. The molecule has 0 amide bonds. The number of benzene rings is 1. The molecule has 3 heteroatoms. The number of hydrogen-bond acceptors (Lipinski definition) is 3. The molecule has 106 valence electrons. The third kappa shape index (κ3) is 3.10. The Morgan fingerprint density at radius 1 is 1.37 bits per heavy atom. The molecule has 0 radical (unpaired) electrons. The molecule has 1 heterocycles. The van der Waals surface area contributed by atoms with E-state index in [9.17, 15) is 0 Å². The average molecular weight is 262 g/mol. The zero-order valence-corrected chi connectivity index (χ0v) is 12.5. The number of hydrogen-bond donors (Lipinski definition) is 2. The second-order valence-electron chi connectivity index (χ2n) is 5.54. The summed E-state index contributed by atoms with van der Waals surface area (Å²) in [5.41, 5.74) is 4.02. The Balaban J connectivity index is 2.20. The average Bonchev–Trinajstić information content (AvgIpc) is 2.92. The summed E-state index contributed by atoms with van der Waals surface area (Å²) in [4.78, 5) is 0. The van der Waals surface area contributed by atoms with Crippen LogP contribution in [-0.2, 0) is 0 Å². The van der Waals surface area contributed by atoms with Crippen molar-refractivity contribution in [3.05, 3.63) is 28.8 Å². The van der Waals surface area contributed by atoms with E-state index in [0.29, 0.717) is 6.04 Å². The Kier molecular flexibility index (Phi) is 4.83. The van der Waals surface area contributed by atoms with E-state index in [0.717, 1.165) is 18.2 Å². The van der Waals surface area contributed by atoms with Gasteiger partial charge in [0.05, 0.1) is 7.11 Å². The van der Waals surface area contributed by atoms with Crippen molar-refractivity contribution in [1.29, 1.82) is 0 Å². The second kappa shape index (κ2) is 6.40. The molecule has 3 nitrogen and oxygen atoms in total. The van der Waals surface area contributed by atoms with Crippen molar-refractivity contribution < 1.29 is 4.74 Å². The fourth-order valence-corrected chi connectivity index (χ4v) is 3.06. The monoisotopic (exact) mass is 262 g/mol. The molecule has 1 saturated heterocycles. The maximum Gasteiger partial charge on any atom is 0.122 e. The summed E-state index contributed by atoms with van der Waals surface area (Å²) >= 11 is 0. The molecule has 1 aliphatic heterocycles. The van der Waals surface area contributed by atoms with E-state index in [1.807, 2.05) is 0 Å². The Morgan fingerprint density at radius 3 is 2.74 bits per heavy atom. The smallest absolute Gasteiger partial charge is 0.122 e. The van der Waals surface area contributed by atoms with Crippen LogP contribution in [0.25, 0.3) is 0 Å².